The lowest BCUT2D eigenvalue weighted by Gasteiger charge is -2.16. The number of anilines is 1. The van der Waals surface area contributed by atoms with Gasteiger partial charge in [0.25, 0.3) is 0 Å². The smallest absolute Gasteiger partial charge is 0.225 e. The van der Waals surface area contributed by atoms with Gasteiger partial charge in [0.1, 0.15) is 0 Å². The number of hydrogen-bond donors (Lipinski definition) is 0. The third-order valence-electron chi connectivity index (χ3n) is 2.77. The Labute approximate surface area is 118 Å². The molecule has 2 aromatic heterocycles. The van der Waals surface area contributed by atoms with Gasteiger partial charge in [-0.2, -0.15) is 0 Å². The molecular formula is C14H20N4S. The van der Waals surface area contributed by atoms with Crippen LogP contribution in [0.2, 0.25) is 0 Å². The highest BCUT2D eigenvalue weighted by Crippen LogP contribution is 2.20. The molecule has 0 unspecified atom stereocenters. The number of hydrogen-bond acceptors (Lipinski definition) is 5. The number of thiazole rings is 1. The molecule has 0 spiro atoms. The van der Waals surface area contributed by atoms with Gasteiger partial charge in [-0.15, -0.1) is 11.3 Å². The van der Waals surface area contributed by atoms with Crippen LogP contribution < -0.4 is 4.90 Å². The number of rotatable bonds is 4. The zero-order chi connectivity index (χ0) is 14.0. The number of aryl methyl sites for hydroxylation is 2. The Morgan fingerprint density at radius 1 is 1.16 bits per heavy atom. The van der Waals surface area contributed by atoms with Crippen LogP contribution >= 0.6 is 11.3 Å². The average molecular weight is 276 g/mol. The van der Waals surface area contributed by atoms with E-state index in [1.807, 2.05) is 31.9 Å². The van der Waals surface area contributed by atoms with E-state index in [1.54, 1.807) is 11.3 Å². The molecule has 2 rings (SSSR count). The molecule has 0 aromatic carbocycles. The molecule has 0 aliphatic heterocycles. The molecule has 0 radical (unpaired) electrons. The Kier molecular flexibility index (Phi) is 4.14. The van der Waals surface area contributed by atoms with Gasteiger partial charge in [-0.3, -0.25) is 0 Å². The van der Waals surface area contributed by atoms with Gasteiger partial charge in [0.2, 0.25) is 5.95 Å². The van der Waals surface area contributed by atoms with E-state index in [0.717, 1.165) is 29.6 Å². The molecule has 0 atom stereocenters. The summed E-state index contributed by atoms with van der Waals surface area (Å²) >= 11 is 1.72. The normalized spacial score (nSPS) is 11.1. The average Bonchev–Trinajstić information content (AvgIpc) is 2.76. The zero-order valence-corrected chi connectivity index (χ0v) is 13.0. The van der Waals surface area contributed by atoms with Gasteiger partial charge in [0.15, 0.2) is 0 Å². The molecule has 19 heavy (non-hydrogen) atoms. The second kappa shape index (κ2) is 5.65. The second-order valence-corrected chi connectivity index (χ2v) is 6.03. The maximum Gasteiger partial charge on any atom is 0.225 e. The topological polar surface area (TPSA) is 41.9 Å². The fraction of sp³-hybridized carbons (Fsp3) is 0.500. The maximum absolute atomic E-state index is 4.64. The molecular weight excluding hydrogens is 256 g/mol. The summed E-state index contributed by atoms with van der Waals surface area (Å²) in [6.45, 7) is 9.06. The van der Waals surface area contributed by atoms with Gasteiger partial charge in [0.05, 0.1) is 17.2 Å². The Bertz CT molecular complexity index is 542. The van der Waals surface area contributed by atoms with Crippen molar-refractivity contribution >= 4 is 17.3 Å². The van der Waals surface area contributed by atoms with Crippen LogP contribution in [0.3, 0.4) is 0 Å². The van der Waals surface area contributed by atoms with Crippen molar-refractivity contribution in [1.82, 2.24) is 15.0 Å². The van der Waals surface area contributed by atoms with E-state index in [0.29, 0.717) is 5.92 Å². The molecule has 0 N–H and O–H groups in total. The first-order chi connectivity index (χ1) is 8.95. The van der Waals surface area contributed by atoms with E-state index in [1.165, 1.54) is 5.01 Å². The van der Waals surface area contributed by atoms with Crippen molar-refractivity contribution in [1.29, 1.82) is 0 Å². The Hall–Kier alpha value is -1.49. The molecule has 5 heteroatoms. The molecule has 4 nitrogen and oxygen atoms in total. The quantitative estimate of drug-likeness (QED) is 0.859. The van der Waals surface area contributed by atoms with E-state index in [2.05, 4.69) is 34.2 Å². The van der Waals surface area contributed by atoms with Crippen molar-refractivity contribution in [3.63, 3.8) is 0 Å². The monoisotopic (exact) mass is 276 g/mol. The van der Waals surface area contributed by atoms with E-state index < -0.39 is 0 Å². The lowest BCUT2D eigenvalue weighted by molar-refractivity contribution is 0.805. The summed E-state index contributed by atoms with van der Waals surface area (Å²) in [6, 6.07) is 1.98. The van der Waals surface area contributed by atoms with Gasteiger partial charge in [-0.25, -0.2) is 15.0 Å². The van der Waals surface area contributed by atoms with Crippen LogP contribution in [0.15, 0.2) is 11.4 Å². The van der Waals surface area contributed by atoms with Crippen LogP contribution in [0.25, 0.3) is 0 Å². The fourth-order valence-corrected chi connectivity index (χ4v) is 2.68. The summed E-state index contributed by atoms with van der Waals surface area (Å²) in [5.74, 6) is 1.25. The van der Waals surface area contributed by atoms with Gasteiger partial charge in [-0.05, 0) is 19.9 Å². The summed E-state index contributed by atoms with van der Waals surface area (Å²) in [7, 11) is 2.00. The number of aromatic nitrogens is 3. The van der Waals surface area contributed by atoms with Crippen LogP contribution in [0, 0.1) is 13.8 Å². The molecule has 2 aromatic rings. The largest absolute Gasteiger partial charge is 0.338 e. The predicted octanol–water partition coefficient (Wildman–Crippen LogP) is 3.31. The Morgan fingerprint density at radius 2 is 1.79 bits per heavy atom. The summed E-state index contributed by atoms with van der Waals surface area (Å²) in [5.41, 5.74) is 3.07. The zero-order valence-electron chi connectivity index (χ0n) is 12.1. The molecule has 0 saturated heterocycles. The van der Waals surface area contributed by atoms with Crippen molar-refractivity contribution in [3.8, 4) is 0 Å². The molecule has 2 heterocycles. The highest BCUT2D eigenvalue weighted by Gasteiger charge is 2.10. The highest BCUT2D eigenvalue weighted by atomic mass is 32.1. The summed E-state index contributed by atoms with van der Waals surface area (Å²) in [5, 5.41) is 3.30. The summed E-state index contributed by atoms with van der Waals surface area (Å²) in [4.78, 5) is 15.6. The molecule has 0 saturated carbocycles. The molecule has 102 valence electrons. The first-order valence-corrected chi connectivity index (χ1v) is 7.31. The second-order valence-electron chi connectivity index (χ2n) is 5.14. The Balaban J connectivity index is 2.13. The number of nitrogens with zero attached hydrogens (tertiary/aromatic N) is 4. The van der Waals surface area contributed by atoms with E-state index in [4.69, 9.17) is 0 Å². The first-order valence-electron chi connectivity index (χ1n) is 6.43. The van der Waals surface area contributed by atoms with E-state index in [9.17, 15) is 0 Å². The van der Waals surface area contributed by atoms with Crippen molar-refractivity contribution in [2.45, 2.75) is 40.2 Å². The van der Waals surface area contributed by atoms with Crippen LogP contribution in [-0.2, 0) is 6.54 Å². The third kappa shape index (κ3) is 3.50. The van der Waals surface area contributed by atoms with Crippen molar-refractivity contribution in [2.24, 2.45) is 0 Å². The molecule has 0 aliphatic carbocycles. The summed E-state index contributed by atoms with van der Waals surface area (Å²) < 4.78 is 0. The molecule has 0 bridgehead atoms. The summed E-state index contributed by atoms with van der Waals surface area (Å²) in [6.07, 6.45) is 0. The van der Waals surface area contributed by atoms with Crippen LogP contribution in [0.4, 0.5) is 5.95 Å². The molecule has 0 fully saturated rings. The standard InChI is InChI=1S/C14H20N4S/c1-9(2)13-17-12(8-19-13)7-18(5)14-15-10(3)6-11(4)16-14/h6,8-9H,7H2,1-5H3. The van der Waals surface area contributed by atoms with E-state index in [-0.39, 0.29) is 0 Å². The van der Waals surface area contributed by atoms with Gasteiger partial charge >= 0.3 is 0 Å². The molecule has 0 amide bonds. The lowest BCUT2D eigenvalue weighted by Crippen LogP contribution is -2.20. The first kappa shape index (κ1) is 13.9. The maximum atomic E-state index is 4.64. The minimum atomic E-state index is 0.488. The SMILES string of the molecule is Cc1cc(C)nc(N(C)Cc2csc(C(C)C)n2)n1. The predicted molar refractivity (Wildman–Crippen MR) is 79.8 cm³/mol. The van der Waals surface area contributed by atoms with Crippen molar-refractivity contribution in [3.05, 3.63) is 33.5 Å². The van der Waals surface area contributed by atoms with Crippen LogP contribution in [0.5, 0.6) is 0 Å². The minimum Gasteiger partial charge on any atom is -0.338 e. The van der Waals surface area contributed by atoms with Crippen LogP contribution in [0.1, 0.15) is 41.9 Å². The molecule has 0 aliphatic rings. The van der Waals surface area contributed by atoms with E-state index >= 15 is 0 Å². The Morgan fingerprint density at radius 3 is 2.32 bits per heavy atom. The highest BCUT2D eigenvalue weighted by molar-refractivity contribution is 7.09. The fourth-order valence-electron chi connectivity index (χ4n) is 1.85. The van der Waals surface area contributed by atoms with Gasteiger partial charge < -0.3 is 4.90 Å². The third-order valence-corrected chi connectivity index (χ3v) is 3.97. The van der Waals surface area contributed by atoms with Gasteiger partial charge in [0, 0.05) is 29.7 Å². The van der Waals surface area contributed by atoms with Crippen molar-refractivity contribution < 1.29 is 0 Å². The minimum absolute atomic E-state index is 0.488. The van der Waals surface area contributed by atoms with Crippen LogP contribution in [-0.4, -0.2) is 22.0 Å². The van der Waals surface area contributed by atoms with Crippen molar-refractivity contribution in [2.75, 3.05) is 11.9 Å². The lowest BCUT2D eigenvalue weighted by atomic mass is 10.2. The van der Waals surface area contributed by atoms with Gasteiger partial charge in [-0.1, -0.05) is 13.8 Å².